The van der Waals surface area contributed by atoms with Crippen LogP contribution in [-0.2, 0) is 0 Å². The molecule has 0 spiro atoms. The predicted octanol–water partition coefficient (Wildman–Crippen LogP) is 5.69. The molecule has 1 aromatic carbocycles. The zero-order chi connectivity index (χ0) is 16.9. The van der Waals surface area contributed by atoms with Crippen molar-refractivity contribution in [3.8, 4) is 0 Å². The second-order valence-electron chi connectivity index (χ2n) is 6.58. The van der Waals surface area contributed by atoms with Crippen LogP contribution in [0, 0.1) is 0 Å². The van der Waals surface area contributed by atoms with Crippen molar-refractivity contribution in [1.29, 1.82) is 0 Å². The molecule has 1 aromatic rings. The summed E-state index contributed by atoms with van der Waals surface area (Å²) in [6, 6.07) is 8.34. The second kappa shape index (κ2) is 7.75. The average molecular weight is 328 g/mol. The molecule has 1 heterocycles. The summed E-state index contributed by atoms with van der Waals surface area (Å²) in [5.41, 5.74) is 6.32. The maximum atomic E-state index is 4.69. The molecule has 2 rings (SSSR count). The van der Waals surface area contributed by atoms with E-state index in [0.717, 1.165) is 12.6 Å². The molecule has 1 aliphatic heterocycles. The van der Waals surface area contributed by atoms with E-state index in [-0.39, 0.29) is 0 Å². The van der Waals surface area contributed by atoms with Gasteiger partial charge in [0.05, 0.1) is 0 Å². The number of rotatable bonds is 6. The fraction of sp³-hybridized carbons (Fsp3) is 0.350. The third-order valence-electron chi connectivity index (χ3n) is 4.26. The molecule has 0 saturated carbocycles. The van der Waals surface area contributed by atoms with Crippen LogP contribution >= 0.6 is 7.41 Å². The van der Waals surface area contributed by atoms with E-state index in [4.69, 9.17) is 0 Å². The molecule has 1 N–H and O–H groups in total. The van der Waals surface area contributed by atoms with Gasteiger partial charge in [0, 0.05) is 0 Å². The van der Waals surface area contributed by atoms with E-state index < -0.39 is 7.41 Å². The third-order valence-corrected chi connectivity index (χ3v) is 7.08. The van der Waals surface area contributed by atoms with Crippen molar-refractivity contribution in [2.24, 2.45) is 4.99 Å². The van der Waals surface area contributed by atoms with Crippen molar-refractivity contribution in [3.63, 3.8) is 0 Å². The zero-order valence-electron chi connectivity index (χ0n) is 14.8. The van der Waals surface area contributed by atoms with Gasteiger partial charge in [-0.3, -0.25) is 0 Å². The van der Waals surface area contributed by atoms with Gasteiger partial charge in [-0.15, -0.1) is 0 Å². The van der Waals surface area contributed by atoms with Crippen LogP contribution in [0.15, 0.2) is 52.8 Å². The number of benzene rings is 1. The summed E-state index contributed by atoms with van der Waals surface area (Å²) in [5, 5.41) is 3.79. The fourth-order valence-electron chi connectivity index (χ4n) is 3.14. The Bertz CT molecular complexity index is 670. The molecule has 0 unspecified atom stereocenters. The Morgan fingerprint density at radius 1 is 1.35 bits per heavy atom. The van der Waals surface area contributed by atoms with Gasteiger partial charge in [0.25, 0.3) is 0 Å². The molecule has 0 saturated heterocycles. The summed E-state index contributed by atoms with van der Waals surface area (Å²) >= 11 is 0. The van der Waals surface area contributed by atoms with Gasteiger partial charge in [0.15, 0.2) is 0 Å². The molecule has 0 amide bonds. The van der Waals surface area contributed by atoms with Crippen LogP contribution in [-0.4, -0.2) is 18.8 Å². The molecule has 3 heteroatoms. The monoisotopic (exact) mass is 328 g/mol. The summed E-state index contributed by atoms with van der Waals surface area (Å²) in [4.78, 5) is 4.69. The topological polar surface area (TPSA) is 24.4 Å². The first-order valence-electron chi connectivity index (χ1n) is 8.39. The molecule has 0 radical (unpaired) electrons. The fourth-order valence-corrected chi connectivity index (χ4v) is 6.16. The van der Waals surface area contributed by atoms with Crippen molar-refractivity contribution < 1.29 is 0 Å². The summed E-state index contributed by atoms with van der Waals surface area (Å²) in [5.74, 6) is 2.19. The first-order chi connectivity index (χ1) is 11.0. The number of nitrogens with one attached hydrogen (secondary N) is 1. The number of hydrogen-bond acceptors (Lipinski definition) is 2. The van der Waals surface area contributed by atoms with Gasteiger partial charge in [0.2, 0.25) is 0 Å². The number of aliphatic imine (C=N–C) groups is 1. The molecule has 124 valence electrons. The van der Waals surface area contributed by atoms with Crippen molar-refractivity contribution in [1.82, 2.24) is 5.09 Å². The molecule has 23 heavy (non-hydrogen) atoms. The van der Waals surface area contributed by atoms with Crippen LogP contribution in [0.2, 0.25) is 0 Å². The molecular formula is C20H29N2P. The molecular weight excluding hydrogens is 299 g/mol. The third kappa shape index (κ3) is 4.65. The van der Waals surface area contributed by atoms with Crippen LogP contribution in [0.1, 0.15) is 44.7 Å². The Labute approximate surface area is 141 Å². The van der Waals surface area contributed by atoms with Gasteiger partial charge in [-0.1, -0.05) is 0 Å². The van der Waals surface area contributed by atoms with E-state index in [1.807, 2.05) is 12.1 Å². The number of allylic oxidation sites excluding steroid dienone is 3. The Balaban J connectivity index is 2.17. The van der Waals surface area contributed by atoms with Gasteiger partial charge in [-0.25, -0.2) is 0 Å². The van der Waals surface area contributed by atoms with E-state index in [1.165, 1.54) is 34.5 Å². The van der Waals surface area contributed by atoms with E-state index in [9.17, 15) is 0 Å². The molecule has 0 bridgehead atoms. The molecule has 1 aliphatic rings. The van der Waals surface area contributed by atoms with Gasteiger partial charge < -0.3 is 0 Å². The molecule has 0 aliphatic carbocycles. The van der Waals surface area contributed by atoms with Gasteiger partial charge in [0.1, 0.15) is 0 Å². The summed E-state index contributed by atoms with van der Waals surface area (Å²) < 4.78 is 0. The first kappa shape index (κ1) is 17.7. The first-order valence-corrected chi connectivity index (χ1v) is 11.2. The van der Waals surface area contributed by atoms with Crippen LogP contribution in [0.25, 0.3) is 12.2 Å². The van der Waals surface area contributed by atoms with Crippen LogP contribution in [0.5, 0.6) is 0 Å². The minimum atomic E-state index is -1.72. The van der Waals surface area contributed by atoms with Gasteiger partial charge in [-0.2, -0.15) is 0 Å². The van der Waals surface area contributed by atoms with E-state index in [1.54, 1.807) is 0 Å². The summed E-state index contributed by atoms with van der Waals surface area (Å²) in [7, 11) is -1.72. The van der Waals surface area contributed by atoms with Crippen molar-refractivity contribution >= 4 is 25.5 Å². The van der Waals surface area contributed by atoms with Crippen LogP contribution < -0.4 is 5.09 Å². The molecule has 0 aromatic heterocycles. The molecule has 0 atom stereocenters. The van der Waals surface area contributed by atoms with E-state index in [0.29, 0.717) is 0 Å². The van der Waals surface area contributed by atoms with Gasteiger partial charge in [-0.05, 0) is 0 Å². The van der Waals surface area contributed by atoms with E-state index >= 15 is 0 Å². The predicted molar refractivity (Wildman–Crippen MR) is 109 cm³/mol. The maximum absolute atomic E-state index is 4.69. The Kier molecular flexibility index (Phi) is 5.96. The Morgan fingerprint density at radius 3 is 2.70 bits per heavy atom. The molecule has 2 nitrogen and oxygen atoms in total. The normalized spacial score (nSPS) is 18.7. The second-order valence-corrected chi connectivity index (χ2v) is 10.3. The Morgan fingerprint density at radius 2 is 2.04 bits per heavy atom. The van der Waals surface area contributed by atoms with Crippen LogP contribution in [0.3, 0.4) is 0 Å². The quantitative estimate of drug-likeness (QED) is 0.666. The van der Waals surface area contributed by atoms with Gasteiger partial charge >= 0.3 is 141 Å². The van der Waals surface area contributed by atoms with Crippen LogP contribution in [0.4, 0.5) is 0 Å². The van der Waals surface area contributed by atoms with Crippen molar-refractivity contribution in [2.75, 3.05) is 12.8 Å². The number of hydrogen-bond donors (Lipinski definition) is 1. The summed E-state index contributed by atoms with van der Waals surface area (Å²) in [6.45, 7) is 12.8. The zero-order valence-corrected chi connectivity index (χ0v) is 15.8. The minimum absolute atomic E-state index is 1.16. The van der Waals surface area contributed by atoms with E-state index in [2.05, 4.69) is 74.3 Å². The number of nitrogens with zero attached hydrogens (tertiary/aromatic N) is 1. The molecule has 0 fully saturated rings. The average Bonchev–Trinajstić information content (AvgIpc) is 2.51. The van der Waals surface area contributed by atoms with Crippen molar-refractivity contribution in [2.45, 2.75) is 33.6 Å². The standard InChI is InChI=1S/C20H29N2P/c1-6-10-20-14-23(5,15-21-17(20)4)22-16(3)13-19-12-9-8-11-18(19)7-2/h7-9,11-13,15,22-23H,2,6,10,14H2,1,3-5H3/b16-13+. The van der Waals surface area contributed by atoms with Crippen molar-refractivity contribution in [3.05, 3.63) is 58.9 Å². The SMILES string of the molecule is C=Cc1ccccc1/C=C(\C)N[PH]1(C)C=NC(C)=C(CCC)C1. The summed E-state index contributed by atoms with van der Waals surface area (Å²) in [6.07, 6.45) is 7.63. The Hall–Kier alpha value is -1.66.